The van der Waals surface area contributed by atoms with Crippen LogP contribution in [0.1, 0.15) is 10.4 Å². The minimum absolute atomic E-state index is 0. The van der Waals surface area contributed by atoms with Gasteiger partial charge in [0.1, 0.15) is 37.4 Å². The molecule has 0 radical (unpaired) electrons. The molecule has 0 aliphatic heterocycles. The number of para-hydroxylation sites is 1. The number of azo groups is 3. The number of rotatable bonds is 11. The summed E-state index contributed by atoms with van der Waals surface area (Å²) in [6.45, 7) is 0. The molecule has 0 aromatic heterocycles. The molecule has 6 rings (SSSR count). The second kappa shape index (κ2) is 20.4. The largest absolute Gasteiger partial charge is 1.00 e. The quantitative estimate of drug-likeness (QED) is 0.0312. The minimum Gasteiger partial charge on any atom is -0.744 e. The maximum atomic E-state index is 12.3. The number of phenolic OH excluding ortho intramolecular Hbond substituents is 1. The average Bonchev–Trinajstić information content (AvgIpc) is 3.16. The Labute approximate surface area is 405 Å². The molecule has 0 unspecified atom stereocenters. The van der Waals surface area contributed by atoms with Gasteiger partial charge in [0.15, 0.2) is 11.4 Å². The van der Waals surface area contributed by atoms with Crippen molar-refractivity contribution in [2.24, 2.45) is 30.7 Å². The summed E-state index contributed by atoms with van der Waals surface area (Å²) in [6, 6.07) is 22.6. The van der Waals surface area contributed by atoms with E-state index in [-0.39, 0.29) is 106 Å². The van der Waals surface area contributed by atoms with Gasteiger partial charge in [0, 0.05) is 11.6 Å². The Morgan fingerprint density at radius 1 is 0.633 bits per heavy atom. The predicted molar refractivity (Wildman–Crippen MR) is 196 cm³/mol. The van der Waals surface area contributed by atoms with Gasteiger partial charge in [-0.1, -0.05) is 36.4 Å². The van der Waals surface area contributed by atoms with Gasteiger partial charge < -0.3 is 35.0 Å². The summed E-state index contributed by atoms with van der Waals surface area (Å²) in [5.41, 5.74) is 4.45. The summed E-state index contributed by atoms with van der Waals surface area (Å²) >= 11 is 0. The molecule has 0 saturated carbocycles. The van der Waals surface area contributed by atoms with E-state index in [1.54, 1.807) is 36.4 Å². The number of hydrogen-bond donors (Lipinski definition) is 3. The molecule has 0 heterocycles. The van der Waals surface area contributed by atoms with Crippen LogP contribution in [-0.2, 0) is 20.2 Å². The summed E-state index contributed by atoms with van der Waals surface area (Å²) in [5.74, 6) is -3.11. The summed E-state index contributed by atoms with van der Waals surface area (Å²) in [7, 11) is -10.9. The molecule has 25 heteroatoms. The van der Waals surface area contributed by atoms with Crippen LogP contribution in [0.5, 0.6) is 11.5 Å². The summed E-state index contributed by atoms with van der Waals surface area (Å²) in [4.78, 5) is 19.5. The van der Waals surface area contributed by atoms with Crippen LogP contribution < -0.4 is 99.5 Å². The fraction of sp³-hybridized carbons (Fsp3) is 0. The molecule has 0 saturated heterocycles. The number of nitrogens with two attached hydrogens (primary N) is 1. The van der Waals surface area contributed by atoms with Crippen LogP contribution in [0.2, 0.25) is 0 Å². The van der Waals surface area contributed by atoms with E-state index in [0.29, 0.717) is 28.9 Å². The number of carbonyl (C=O) groups is 1. The summed E-state index contributed by atoms with van der Waals surface area (Å²) in [6.07, 6.45) is 0. The maximum absolute atomic E-state index is 12.3. The second-order valence-corrected chi connectivity index (χ2v) is 14.3. The van der Waals surface area contributed by atoms with Gasteiger partial charge in [-0.2, -0.15) is 15.3 Å². The summed E-state index contributed by atoms with van der Waals surface area (Å²) in [5, 5.41) is 65.6. The Morgan fingerprint density at radius 3 is 1.62 bits per heavy atom. The van der Waals surface area contributed by atoms with E-state index < -0.39 is 91.5 Å². The first-order valence-electron chi connectivity index (χ1n) is 15.7. The number of carbonyl (C=O) groups excluding carboxylic acids is 1. The Balaban J connectivity index is 0.00000320. The van der Waals surface area contributed by atoms with Crippen LogP contribution in [-0.4, -0.2) is 47.0 Å². The fourth-order valence-corrected chi connectivity index (χ4v) is 6.62. The molecule has 6 aromatic rings. The third-order valence-corrected chi connectivity index (χ3v) is 9.70. The van der Waals surface area contributed by atoms with Crippen LogP contribution in [0, 0.1) is 10.1 Å². The van der Waals surface area contributed by atoms with Crippen molar-refractivity contribution >= 4 is 82.5 Å². The molecule has 0 aliphatic carbocycles. The maximum Gasteiger partial charge on any atom is 1.00 e. The molecule has 0 aliphatic rings. The standard InChI is InChI=1S/C35H24N8O12S2.3Na/c36-31-30-20(15-28(56(50,51)52)32(31)41-40-25-3-1-2-4-26(25)43(48)49)16-29(57(53,54)55)33(34(30)45)42-38-22-11-7-19(8-12-22)18-5-9-21(10-6-18)37-39-23-13-14-27(44)24(17-23)35(46)47;;;/h1-17,44-45H,36H2,(H,46,47)(H,50,51,52)(H,53,54,55);;;/q;3*+1/p-3. The number of carboxylic acids is 1. The molecule has 4 N–H and O–H groups in total. The van der Waals surface area contributed by atoms with Crippen LogP contribution in [0.25, 0.3) is 21.9 Å². The number of benzene rings is 6. The number of nitro benzene ring substituents is 1. The van der Waals surface area contributed by atoms with Crippen molar-refractivity contribution in [2.75, 3.05) is 5.73 Å². The fourth-order valence-electron chi connectivity index (χ4n) is 5.31. The number of nitrogens with zero attached hydrogens (tertiary/aromatic N) is 7. The van der Waals surface area contributed by atoms with Gasteiger partial charge in [-0.3, -0.25) is 10.1 Å². The molecule has 20 nitrogen and oxygen atoms in total. The van der Waals surface area contributed by atoms with E-state index >= 15 is 0 Å². The second-order valence-electron chi connectivity index (χ2n) is 11.6. The first-order valence-corrected chi connectivity index (χ1v) is 18.5. The van der Waals surface area contributed by atoms with Gasteiger partial charge >= 0.3 is 88.7 Å². The van der Waals surface area contributed by atoms with Crippen molar-refractivity contribution in [3.63, 3.8) is 0 Å². The van der Waals surface area contributed by atoms with Crippen LogP contribution in [0.4, 0.5) is 45.5 Å². The molecular weight excluding hydrogens is 858 g/mol. The smallest absolute Gasteiger partial charge is 0.744 e. The number of nitrogen functional groups attached to an aromatic ring is 1. The number of aromatic hydroxyl groups is 2. The molecular formula is C35H21N8Na3O12S2. The van der Waals surface area contributed by atoms with Crippen molar-refractivity contribution in [1.29, 1.82) is 0 Å². The SMILES string of the molecule is Nc1c(N=Nc2ccccc2[N+](=O)[O-])c(S(=O)(=O)[O-])cc2cc(S(=O)(=O)[O-])c(N=Nc3ccc(-c4ccc(N=Nc5ccc(O)c(C(=O)[O-])c5)cc4)cc3)c(O)c12.[Na+].[Na+].[Na+]. The number of phenols is 2. The molecule has 0 atom stereocenters. The van der Waals surface area contributed by atoms with E-state index in [4.69, 9.17) is 5.73 Å². The Bertz CT molecular complexity index is 2960. The third kappa shape index (κ3) is 11.2. The molecule has 0 bridgehead atoms. The molecule has 60 heavy (non-hydrogen) atoms. The minimum atomic E-state index is -5.44. The number of aromatic carboxylic acids is 1. The first-order chi connectivity index (χ1) is 26.9. The average molecular weight is 879 g/mol. The molecule has 288 valence electrons. The van der Waals surface area contributed by atoms with E-state index in [0.717, 1.165) is 18.2 Å². The van der Waals surface area contributed by atoms with Crippen molar-refractivity contribution in [2.45, 2.75) is 9.79 Å². The number of nitro groups is 1. The Kier molecular flexibility index (Phi) is 16.9. The molecule has 0 fully saturated rings. The third-order valence-electron chi connectivity index (χ3n) is 8.00. The zero-order valence-electron chi connectivity index (χ0n) is 31.3. The van der Waals surface area contributed by atoms with Crippen LogP contribution in [0.3, 0.4) is 0 Å². The van der Waals surface area contributed by atoms with Crippen molar-refractivity contribution < 1.29 is 140 Å². The number of anilines is 1. The Morgan fingerprint density at radius 2 is 1.10 bits per heavy atom. The van der Waals surface area contributed by atoms with Gasteiger partial charge in [-0.25, -0.2) is 16.8 Å². The van der Waals surface area contributed by atoms with Gasteiger partial charge in [0.25, 0.3) is 5.69 Å². The van der Waals surface area contributed by atoms with Gasteiger partial charge in [0.2, 0.25) is 0 Å². The van der Waals surface area contributed by atoms with Crippen LogP contribution in [0.15, 0.2) is 144 Å². The number of fused-ring (bicyclic) bond motifs is 1. The van der Waals surface area contributed by atoms with E-state index in [9.17, 15) is 56.2 Å². The topological polar surface area (TPSA) is 338 Å². The Hall–Kier alpha value is -4.53. The summed E-state index contributed by atoms with van der Waals surface area (Å²) < 4.78 is 73.7. The van der Waals surface area contributed by atoms with Crippen molar-refractivity contribution in [1.82, 2.24) is 0 Å². The van der Waals surface area contributed by atoms with E-state index in [2.05, 4.69) is 30.7 Å². The normalized spacial score (nSPS) is 11.6. The van der Waals surface area contributed by atoms with Crippen molar-refractivity contribution in [3.05, 3.63) is 119 Å². The zero-order valence-corrected chi connectivity index (χ0v) is 38.9. The van der Waals surface area contributed by atoms with E-state index in [1.165, 1.54) is 36.4 Å². The first kappa shape index (κ1) is 49.8. The predicted octanol–water partition coefficient (Wildman–Crippen LogP) is -2.16. The van der Waals surface area contributed by atoms with Gasteiger partial charge in [-0.15, -0.1) is 15.3 Å². The molecule has 0 amide bonds. The zero-order chi connectivity index (χ0) is 41.2. The van der Waals surface area contributed by atoms with Crippen LogP contribution >= 0.6 is 0 Å². The van der Waals surface area contributed by atoms with Crippen molar-refractivity contribution in [3.8, 4) is 22.6 Å². The number of hydrogen-bond acceptors (Lipinski definition) is 19. The molecule has 0 spiro atoms. The monoisotopic (exact) mass is 878 g/mol. The molecule has 6 aromatic carbocycles. The number of carboxylic acid groups (broad SMARTS) is 1. The van der Waals surface area contributed by atoms with Gasteiger partial charge in [-0.05, 0) is 77.2 Å². The van der Waals surface area contributed by atoms with E-state index in [1.807, 2.05) is 0 Å². The van der Waals surface area contributed by atoms with Gasteiger partial charge in [0.05, 0.1) is 48.8 Å².